The van der Waals surface area contributed by atoms with Gasteiger partial charge in [0.2, 0.25) is 0 Å². The lowest BCUT2D eigenvalue weighted by Crippen LogP contribution is -2.11. The molecule has 0 unspecified atom stereocenters. The maximum atomic E-state index is 12.1. The Balaban J connectivity index is 1.82. The number of fused-ring (bicyclic) bond motifs is 1. The highest BCUT2D eigenvalue weighted by atomic mass is 32.1. The van der Waals surface area contributed by atoms with Gasteiger partial charge in [0, 0.05) is 11.3 Å². The predicted octanol–water partition coefficient (Wildman–Crippen LogP) is 3.42. The minimum Gasteiger partial charge on any atom is -0.322 e. The van der Waals surface area contributed by atoms with Gasteiger partial charge in [-0.1, -0.05) is 0 Å². The van der Waals surface area contributed by atoms with Crippen LogP contribution in [0.1, 0.15) is 15.9 Å². The fourth-order valence-corrected chi connectivity index (χ4v) is 2.49. The number of hydrogen-bond acceptors (Lipinski definition) is 4. The molecule has 0 aliphatic rings. The van der Waals surface area contributed by atoms with Gasteiger partial charge < -0.3 is 5.32 Å². The highest BCUT2D eigenvalue weighted by Gasteiger charge is 2.07. The van der Waals surface area contributed by atoms with E-state index in [0.717, 1.165) is 10.2 Å². The van der Waals surface area contributed by atoms with Crippen molar-refractivity contribution in [3.8, 4) is 6.07 Å². The van der Waals surface area contributed by atoms with Gasteiger partial charge in [-0.15, -0.1) is 11.3 Å². The molecule has 1 aromatic heterocycles. The first-order valence-corrected chi connectivity index (χ1v) is 6.79. The van der Waals surface area contributed by atoms with Crippen LogP contribution in [0.4, 0.5) is 5.69 Å². The van der Waals surface area contributed by atoms with Crippen LogP contribution < -0.4 is 5.32 Å². The van der Waals surface area contributed by atoms with Crippen LogP contribution in [0, 0.1) is 11.3 Å². The molecule has 0 spiro atoms. The molecule has 1 amide bonds. The molecular weight excluding hydrogens is 270 g/mol. The summed E-state index contributed by atoms with van der Waals surface area (Å²) >= 11 is 1.56. The molecular formula is C15H9N3OS. The maximum Gasteiger partial charge on any atom is 0.255 e. The number of nitrogens with zero attached hydrogens (tertiary/aromatic N) is 2. The van der Waals surface area contributed by atoms with Gasteiger partial charge in [0.15, 0.2) is 0 Å². The van der Waals surface area contributed by atoms with Crippen molar-refractivity contribution in [1.82, 2.24) is 4.98 Å². The number of thiazole rings is 1. The van der Waals surface area contributed by atoms with Crippen molar-refractivity contribution in [2.75, 3.05) is 5.32 Å². The monoisotopic (exact) mass is 279 g/mol. The summed E-state index contributed by atoms with van der Waals surface area (Å²) in [7, 11) is 0. The van der Waals surface area contributed by atoms with Crippen molar-refractivity contribution in [1.29, 1.82) is 5.26 Å². The van der Waals surface area contributed by atoms with Crippen molar-refractivity contribution in [2.24, 2.45) is 0 Å². The van der Waals surface area contributed by atoms with Crippen LogP contribution in [0.2, 0.25) is 0 Å². The molecule has 2 aromatic carbocycles. The summed E-state index contributed by atoms with van der Waals surface area (Å²) in [6.07, 6.45) is 0. The van der Waals surface area contributed by atoms with Crippen molar-refractivity contribution in [3.63, 3.8) is 0 Å². The lowest BCUT2D eigenvalue weighted by atomic mass is 10.1. The molecule has 0 fully saturated rings. The summed E-state index contributed by atoms with van der Waals surface area (Å²) in [5.41, 5.74) is 4.40. The standard InChI is InChI=1S/C15H9N3OS/c16-8-10-1-3-11(4-2-10)15(19)18-12-5-6-14-13(7-12)17-9-20-14/h1-7,9H,(H,18,19). The quantitative estimate of drug-likeness (QED) is 0.781. The first-order chi connectivity index (χ1) is 9.76. The summed E-state index contributed by atoms with van der Waals surface area (Å²) in [4.78, 5) is 16.3. The largest absolute Gasteiger partial charge is 0.322 e. The van der Waals surface area contributed by atoms with Crippen molar-refractivity contribution < 1.29 is 4.79 Å². The Morgan fingerprint density at radius 1 is 1.20 bits per heavy atom. The Labute approximate surface area is 119 Å². The van der Waals surface area contributed by atoms with Gasteiger partial charge in [-0.3, -0.25) is 4.79 Å². The van der Waals surface area contributed by atoms with Crippen LogP contribution in [0.15, 0.2) is 48.0 Å². The first-order valence-electron chi connectivity index (χ1n) is 5.91. The van der Waals surface area contributed by atoms with Gasteiger partial charge >= 0.3 is 0 Å². The van der Waals surface area contributed by atoms with Crippen LogP contribution in [0.3, 0.4) is 0 Å². The van der Waals surface area contributed by atoms with Crippen molar-refractivity contribution in [2.45, 2.75) is 0 Å². The lowest BCUT2D eigenvalue weighted by molar-refractivity contribution is 0.102. The topological polar surface area (TPSA) is 65.8 Å². The highest BCUT2D eigenvalue weighted by Crippen LogP contribution is 2.21. The molecule has 0 saturated heterocycles. The third-order valence-electron chi connectivity index (χ3n) is 2.86. The molecule has 0 aliphatic carbocycles. The molecule has 1 N–H and O–H groups in total. The normalized spacial score (nSPS) is 10.2. The van der Waals surface area contributed by atoms with E-state index >= 15 is 0 Å². The van der Waals surface area contributed by atoms with E-state index < -0.39 is 0 Å². The van der Waals surface area contributed by atoms with E-state index in [0.29, 0.717) is 16.8 Å². The Bertz CT molecular complexity index is 815. The summed E-state index contributed by atoms with van der Waals surface area (Å²) in [5, 5.41) is 11.5. The minimum absolute atomic E-state index is 0.205. The molecule has 20 heavy (non-hydrogen) atoms. The Hall–Kier alpha value is -2.71. The fraction of sp³-hybridized carbons (Fsp3) is 0. The maximum absolute atomic E-state index is 12.1. The number of benzene rings is 2. The predicted molar refractivity (Wildman–Crippen MR) is 78.7 cm³/mol. The number of aromatic nitrogens is 1. The van der Waals surface area contributed by atoms with E-state index in [4.69, 9.17) is 5.26 Å². The second-order valence-electron chi connectivity index (χ2n) is 4.18. The van der Waals surface area contributed by atoms with E-state index in [1.54, 1.807) is 41.1 Å². The van der Waals surface area contributed by atoms with Gasteiger partial charge in [-0.25, -0.2) is 4.98 Å². The van der Waals surface area contributed by atoms with Crippen LogP contribution >= 0.6 is 11.3 Å². The Morgan fingerprint density at radius 3 is 2.75 bits per heavy atom. The number of amides is 1. The molecule has 0 radical (unpaired) electrons. The van der Waals surface area contributed by atoms with E-state index in [-0.39, 0.29) is 5.91 Å². The summed E-state index contributed by atoms with van der Waals surface area (Å²) in [5.74, 6) is -0.205. The van der Waals surface area contributed by atoms with E-state index in [2.05, 4.69) is 10.3 Å². The molecule has 1 heterocycles. The second-order valence-corrected chi connectivity index (χ2v) is 5.06. The van der Waals surface area contributed by atoms with Crippen LogP contribution in [0.25, 0.3) is 10.2 Å². The van der Waals surface area contributed by atoms with Gasteiger partial charge in [0.25, 0.3) is 5.91 Å². The Kier molecular flexibility index (Phi) is 3.15. The number of hydrogen-bond donors (Lipinski definition) is 1. The summed E-state index contributed by atoms with van der Waals surface area (Å²) < 4.78 is 1.08. The average Bonchev–Trinajstić information content (AvgIpc) is 2.95. The number of carbonyl (C=O) groups is 1. The van der Waals surface area contributed by atoms with Crippen LogP contribution in [-0.2, 0) is 0 Å². The van der Waals surface area contributed by atoms with Crippen molar-refractivity contribution >= 4 is 33.1 Å². The molecule has 3 rings (SSSR count). The Morgan fingerprint density at radius 2 is 2.00 bits per heavy atom. The smallest absolute Gasteiger partial charge is 0.255 e. The number of nitrogens with one attached hydrogen (secondary N) is 1. The lowest BCUT2D eigenvalue weighted by Gasteiger charge is -2.05. The van der Waals surface area contributed by atoms with Gasteiger partial charge in [0.1, 0.15) is 0 Å². The third kappa shape index (κ3) is 2.37. The number of nitriles is 1. The third-order valence-corrected chi connectivity index (χ3v) is 3.67. The molecule has 3 aromatic rings. The van der Waals surface area contributed by atoms with E-state index in [9.17, 15) is 4.79 Å². The van der Waals surface area contributed by atoms with Gasteiger partial charge in [0.05, 0.1) is 27.4 Å². The van der Waals surface area contributed by atoms with E-state index in [1.807, 2.05) is 24.3 Å². The zero-order valence-corrected chi connectivity index (χ0v) is 11.1. The van der Waals surface area contributed by atoms with Crippen molar-refractivity contribution in [3.05, 3.63) is 59.1 Å². The zero-order chi connectivity index (χ0) is 13.9. The molecule has 4 nitrogen and oxygen atoms in total. The zero-order valence-electron chi connectivity index (χ0n) is 10.3. The fourth-order valence-electron chi connectivity index (χ4n) is 1.83. The van der Waals surface area contributed by atoms with Gasteiger partial charge in [-0.2, -0.15) is 5.26 Å². The number of carbonyl (C=O) groups excluding carboxylic acids is 1. The van der Waals surface area contributed by atoms with Crippen LogP contribution in [-0.4, -0.2) is 10.9 Å². The summed E-state index contributed by atoms with van der Waals surface area (Å²) in [6, 6.07) is 14.2. The number of rotatable bonds is 2. The minimum atomic E-state index is -0.205. The van der Waals surface area contributed by atoms with Crippen LogP contribution in [0.5, 0.6) is 0 Å². The van der Waals surface area contributed by atoms with E-state index in [1.165, 1.54) is 0 Å². The molecule has 96 valence electrons. The first kappa shape index (κ1) is 12.3. The molecule has 0 saturated carbocycles. The van der Waals surface area contributed by atoms with Gasteiger partial charge in [-0.05, 0) is 42.5 Å². The highest BCUT2D eigenvalue weighted by molar-refractivity contribution is 7.16. The second kappa shape index (κ2) is 5.11. The summed E-state index contributed by atoms with van der Waals surface area (Å²) in [6.45, 7) is 0. The molecule has 0 atom stereocenters. The average molecular weight is 279 g/mol. The molecule has 0 bridgehead atoms. The SMILES string of the molecule is N#Cc1ccc(C(=O)Nc2ccc3scnc3c2)cc1. The molecule has 5 heteroatoms. The number of anilines is 1. The molecule has 0 aliphatic heterocycles.